The molecule has 1 aromatic rings. The minimum Gasteiger partial charge on any atom is -0.351 e. The second-order valence-electron chi connectivity index (χ2n) is 4.71. The molecule has 4 heteroatoms. The van der Waals surface area contributed by atoms with E-state index < -0.39 is 0 Å². The van der Waals surface area contributed by atoms with E-state index in [1.165, 1.54) is 41.5 Å². The number of thiazole rings is 1. The number of nitrogens with one attached hydrogen (secondary N) is 1. The Kier molecular flexibility index (Phi) is 3.82. The molecular weight excluding hydrogens is 218 g/mol. The third-order valence-electron chi connectivity index (χ3n) is 3.30. The molecule has 16 heavy (non-hydrogen) atoms. The number of rotatable bonds is 5. The molecule has 0 radical (unpaired) electrons. The Labute approximate surface area is 102 Å². The summed E-state index contributed by atoms with van der Waals surface area (Å²) in [6.45, 7) is 4.20. The maximum absolute atomic E-state index is 4.65. The van der Waals surface area contributed by atoms with Gasteiger partial charge in [-0.1, -0.05) is 6.42 Å². The van der Waals surface area contributed by atoms with Crippen LogP contribution in [0.5, 0.6) is 0 Å². The lowest BCUT2D eigenvalue weighted by atomic mass is 9.85. The summed E-state index contributed by atoms with van der Waals surface area (Å²) in [5, 5.41) is 4.37. The SMILES string of the molecule is CNCc1sc(N(C)CC2CCC2)nc1C. The van der Waals surface area contributed by atoms with Crippen LogP contribution in [-0.4, -0.2) is 25.6 Å². The highest BCUT2D eigenvalue weighted by Crippen LogP contribution is 2.30. The molecule has 1 fully saturated rings. The van der Waals surface area contributed by atoms with Crippen LogP contribution in [-0.2, 0) is 6.54 Å². The molecule has 1 aliphatic rings. The quantitative estimate of drug-likeness (QED) is 0.855. The third kappa shape index (κ3) is 2.55. The first-order chi connectivity index (χ1) is 7.70. The van der Waals surface area contributed by atoms with Crippen LogP contribution in [0.4, 0.5) is 5.13 Å². The number of nitrogens with zero attached hydrogens (tertiary/aromatic N) is 2. The van der Waals surface area contributed by atoms with E-state index in [1.54, 1.807) is 0 Å². The number of aryl methyl sites for hydroxylation is 1. The average Bonchev–Trinajstić information content (AvgIpc) is 2.55. The molecule has 0 spiro atoms. The van der Waals surface area contributed by atoms with Crippen LogP contribution in [0.2, 0.25) is 0 Å². The van der Waals surface area contributed by atoms with E-state index in [-0.39, 0.29) is 0 Å². The van der Waals surface area contributed by atoms with Crippen LogP contribution in [0.3, 0.4) is 0 Å². The smallest absolute Gasteiger partial charge is 0.185 e. The van der Waals surface area contributed by atoms with Crippen LogP contribution in [0.1, 0.15) is 29.8 Å². The first-order valence-corrected chi connectivity index (χ1v) is 6.84. The van der Waals surface area contributed by atoms with Crippen LogP contribution in [0, 0.1) is 12.8 Å². The van der Waals surface area contributed by atoms with Gasteiger partial charge in [-0.2, -0.15) is 0 Å². The van der Waals surface area contributed by atoms with Gasteiger partial charge in [-0.3, -0.25) is 0 Å². The van der Waals surface area contributed by atoms with Crippen molar-refractivity contribution in [1.82, 2.24) is 10.3 Å². The van der Waals surface area contributed by atoms with Crippen molar-refractivity contribution in [2.75, 3.05) is 25.5 Å². The molecule has 2 rings (SSSR count). The highest BCUT2D eigenvalue weighted by atomic mass is 32.1. The normalized spacial score (nSPS) is 16.2. The zero-order chi connectivity index (χ0) is 11.5. The third-order valence-corrected chi connectivity index (χ3v) is 4.57. The van der Waals surface area contributed by atoms with Crippen molar-refractivity contribution < 1.29 is 0 Å². The minimum absolute atomic E-state index is 0.905. The van der Waals surface area contributed by atoms with Crippen molar-refractivity contribution in [1.29, 1.82) is 0 Å². The Morgan fingerprint density at radius 1 is 1.50 bits per heavy atom. The van der Waals surface area contributed by atoms with Crippen molar-refractivity contribution >= 4 is 16.5 Å². The van der Waals surface area contributed by atoms with E-state index in [1.807, 2.05) is 18.4 Å². The average molecular weight is 239 g/mol. The van der Waals surface area contributed by atoms with Gasteiger partial charge in [0.2, 0.25) is 0 Å². The summed E-state index contributed by atoms with van der Waals surface area (Å²) in [6.07, 6.45) is 4.22. The minimum atomic E-state index is 0.905. The molecule has 90 valence electrons. The van der Waals surface area contributed by atoms with E-state index in [4.69, 9.17) is 0 Å². The Morgan fingerprint density at radius 2 is 2.25 bits per heavy atom. The summed E-state index contributed by atoms with van der Waals surface area (Å²) in [7, 11) is 4.15. The fourth-order valence-electron chi connectivity index (χ4n) is 2.04. The Balaban J connectivity index is 1.98. The van der Waals surface area contributed by atoms with Gasteiger partial charge in [0.1, 0.15) is 0 Å². The van der Waals surface area contributed by atoms with E-state index in [9.17, 15) is 0 Å². The predicted molar refractivity (Wildman–Crippen MR) is 70.2 cm³/mol. The van der Waals surface area contributed by atoms with Crippen LogP contribution in [0.15, 0.2) is 0 Å². The lowest BCUT2D eigenvalue weighted by Gasteiger charge is -2.29. The molecule has 0 unspecified atom stereocenters. The van der Waals surface area contributed by atoms with Gasteiger partial charge in [-0.25, -0.2) is 4.98 Å². The molecule has 0 aromatic carbocycles. The van der Waals surface area contributed by atoms with Crippen molar-refractivity contribution in [3.05, 3.63) is 10.6 Å². The lowest BCUT2D eigenvalue weighted by molar-refractivity contribution is 0.321. The number of hydrogen-bond acceptors (Lipinski definition) is 4. The van der Waals surface area contributed by atoms with Crippen LogP contribution >= 0.6 is 11.3 Å². The molecule has 0 amide bonds. The molecule has 1 N–H and O–H groups in total. The standard InChI is InChI=1S/C12H21N3S/c1-9-11(7-13-2)16-12(14-9)15(3)8-10-5-4-6-10/h10,13H,4-8H2,1-3H3. The number of aromatic nitrogens is 1. The fourth-order valence-corrected chi connectivity index (χ4v) is 3.08. The van der Waals surface area contributed by atoms with Gasteiger partial charge in [0.25, 0.3) is 0 Å². The molecule has 3 nitrogen and oxygen atoms in total. The topological polar surface area (TPSA) is 28.2 Å². The molecule has 0 aliphatic heterocycles. The van der Waals surface area contributed by atoms with E-state index in [0.29, 0.717) is 0 Å². The number of hydrogen-bond donors (Lipinski definition) is 1. The van der Waals surface area contributed by atoms with Crippen LogP contribution < -0.4 is 10.2 Å². The van der Waals surface area contributed by atoms with E-state index in [2.05, 4.69) is 29.2 Å². The van der Waals surface area contributed by atoms with Gasteiger partial charge < -0.3 is 10.2 Å². The van der Waals surface area contributed by atoms with Crippen molar-refractivity contribution in [3.63, 3.8) is 0 Å². The molecule has 1 saturated carbocycles. The molecule has 1 heterocycles. The molecule has 0 atom stereocenters. The monoisotopic (exact) mass is 239 g/mol. The van der Waals surface area contributed by atoms with E-state index in [0.717, 1.165) is 12.5 Å². The Bertz CT molecular complexity index is 344. The summed E-state index contributed by atoms with van der Waals surface area (Å²) >= 11 is 1.82. The molecule has 0 bridgehead atoms. The highest BCUT2D eigenvalue weighted by Gasteiger charge is 2.20. The van der Waals surface area contributed by atoms with Gasteiger partial charge in [-0.15, -0.1) is 11.3 Å². The number of anilines is 1. The maximum Gasteiger partial charge on any atom is 0.185 e. The van der Waals surface area contributed by atoms with Crippen molar-refractivity contribution in [2.45, 2.75) is 32.7 Å². The molecule has 1 aromatic heterocycles. The predicted octanol–water partition coefficient (Wildman–Crippen LogP) is 2.41. The second-order valence-corrected chi connectivity index (χ2v) is 5.77. The zero-order valence-electron chi connectivity index (χ0n) is 10.4. The van der Waals surface area contributed by atoms with Crippen molar-refractivity contribution in [2.24, 2.45) is 5.92 Å². The Hall–Kier alpha value is -0.610. The maximum atomic E-state index is 4.65. The van der Waals surface area contributed by atoms with Gasteiger partial charge in [0.15, 0.2) is 5.13 Å². The summed E-state index contributed by atoms with van der Waals surface area (Å²) in [6, 6.07) is 0. The fraction of sp³-hybridized carbons (Fsp3) is 0.750. The van der Waals surface area contributed by atoms with Gasteiger partial charge in [0.05, 0.1) is 5.69 Å². The van der Waals surface area contributed by atoms with Gasteiger partial charge in [0, 0.05) is 25.0 Å². The summed E-state index contributed by atoms with van der Waals surface area (Å²) in [5.74, 6) is 0.905. The van der Waals surface area contributed by atoms with Gasteiger partial charge in [-0.05, 0) is 32.7 Å². The molecular formula is C12H21N3S. The summed E-state index contributed by atoms with van der Waals surface area (Å²) in [4.78, 5) is 8.32. The molecule has 1 aliphatic carbocycles. The Morgan fingerprint density at radius 3 is 2.81 bits per heavy atom. The molecule has 0 saturated heterocycles. The zero-order valence-corrected chi connectivity index (χ0v) is 11.2. The lowest BCUT2D eigenvalue weighted by Crippen LogP contribution is -2.29. The second kappa shape index (κ2) is 5.15. The summed E-state index contributed by atoms with van der Waals surface area (Å²) < 4.78 is 0. The first kappa shape index (κ1) is 11.9. The van der Waals surface area contributed by atoms with E-state index >= 15 is 0 Å². The highest BCUT2D eigenvalue weighted by molar-refractivity contribution is 7.15. The largest absolute Gasteiger partial charge is 0.351 e. The first-order valence-electron chi connectivity index (χ1n) is 6.02. The van der Waals surface area contributed by atoms with Crippen molar-refractivity contribution in [3.8, 4) is 0 Å². The summed E-state index contributed by atoms with van der Waals surface area (Å²) in [5.41, 5.74) is 1.18. The van der Waals surface area contributed by atoms with Crippen LogP contribution in [0.25, 0.3) is 0 Å². The van der Waals surface area contributed by atoms with Gasteiger partial charge >= 0.3 is 0 Å².